The van der Waals surface area contributed by atoms with Crippen molar-refractivity contribution in [3.05, 3.63) is 22.4 Å². The third-order valence-electron chi connectivity index (χ3n) is 5.01. The smallest absolute Gasteiger partial charge is 0.328 e. The van der Waals surface area contributed by atoms with Gasteiger partial charge < -0.3 is 9.64 Å². The van der Waals surface area contributed by atoms with Crippen molar-refractivity contribution in [2.24, 2.45) is 0 Å². The van der Waals surface area contributed by atoms with Crippen LogP contribution in [0, 0.1) is 0 Å². The zero-order valence-corrected chi connectivity index (χ0v) is 15.1. The lowest BCUT2D eigenvalue weighted by molar-refractivity contribution is -0.157. The maximum absolute atomic E-state index is 12.9. The van der Waals surface area contributed by atoms with E-state index in [1.807, 2.05) is 6.92 Å². The van der Waals surface area contributed by atoms with Crippen LogP contribution in [-0.4, -0.2) is 54.0 Å². The van der Waals surface area contributed by atoms with Gasteiger partial charge in [0, 0.05) is 12.6 Å². The standard InChI is InChI=1S/C18H26N2O3S/c1-2-23-18(22)16-6-3-4-10-20(16)17(21)12-19-9-5-7-15(19)14-8-11-24-13-14/h8,11,13,15-16H,2-7,9-10,12H2,1H3/t15-,16+/m0/s1. The number of ether oxygens (including phenoxy) is 1. The number of hydrogen-bond acceptors (Lipinski definition) is 5. The molecule has 2 aliphatic rings. The van der Waals surface area contributed by atoms with Gasteiger partial charge in [-0.3, -0.25) is 9.69 Å². The number of piperidine rings is 1. The molecule has 0 saturated carbocycles. The lowest BCUT2D eigenvalue weighted by Crippen LogP contribution is -2.51. The lowest BCUT2D eigenvalue weighted by atomic mass is 10.0. The van der Waals surface area contributed by atoms with E-state index < -0.39 is 6.04 Å². The van der Waals surface area contributed by atoms with Gasteiger partial charge in [0.2, 0.25) is 5.91 Å². The summed E-state index contributed by atoms with van der Waals surface area (Å²) in [6.45, 7) is 4.19. The third kappa shape index (κ3) is 3.81. The molecule has 0 aromatic carbocycles. The Morgan fingerprint density at radius 2 is 2.12 bits per heavy atom. The third-order valence-corrected chi connectivity index (χ3v) is 5.71. The first-order valence-electron chi connectivity index (χ1n) is 8.93. The summed E-state index contributed by atoms with van der Waals surface area (Å²) in [7, 11) is 0. The molecule has 2 aliphatic heterocycles. The number of esters is 1. The average molecular weight is 350 g/mol. The van der Waals surface area contributed by atoms with E-state index in [1.54, 1.807) is 16.2 Å². The van der Waals surface area contributed by atoms with E-state index in [2.05, 4.69) is 21.7 Å². The molecule has 2 atom stereocenters. The number of likely N-dealkylation sites (tertiary alicyclic amines) is 2. The fourth-order valence-corrected chi connectivity index (χ4v) is 4.54. The second-order valence-electron chi connectivity index (χ2n) is 6.54. The van der Waals surface area contributed by atoms with Crippen molar-refractivity contribution in [2.75, 3.05) is 26.2 Å². The summed E-state index contributed by atoms with van der Waals surface area (Å²) in [6.07, 6.45) is 4.89. The normalized spacial score (nSPS) is 25.0. The first-order chi connectivity index (χ1) is 11.7. The van der Waals surface area contributed by atoms with E-state index in [9.17, 15) is 9.59 Å². The van der Waals surface area contributed by atoms with Crippen LogP contribution in [0.1, 0.15) is 50.6 Å². The maximum Gasteiger partial charge on any atom is 0.328 e. The first-order valence-corrected chi connectivity index (χ1v) is 9.87. The minimum Gasteiger partial charge on any atom is -0.464 e. The molecule has 3 heterocycles. The molecule has 0 radical (unpaired) electrons. The van der Waals surface area contributed by atoms with Gasteiger partial charge in [-0.05, 0) is 68.0 Å². The summed E-state index contributed by atoms with van der Waals surface area (Å²) in [5.41, 5.74) is 1.31. The Kier molecular flexibility index (Phi) is 5.89. The Morgan fingerprint density at radius 1 is 1.25 bits per heavy atom. The molecule has 24 heavy (non-hydrogen) atoms. The summed E-state index contributed by atoms with van der Waals surface area (Å²) < 4.78 is 5.17. The van der Waals surface area contributed by atoms with Crippen LogP contribution in [0.3, 0.4) is 0 Å². The maximum atomic E-state index is 12.9. The molecule has 0 N–H and O–H groups in total. The van der Waals surface area contributed by atoms with E-state index in [1.165, 1.54) is 5.56 Å². The minimum atomic E-state index is -0.395. The number of thiophene rings is 1. The zero-order valence-electron chi connectivity index (χ0n) is 14.3. The van der Waals surface area contributed by atoms with Crippen molar-refractivity contribution >= 4 is 23.2 Å². The summed E-state index contributed by atoms with van der Waals surface area (Å²) in [6, 6.07) is 2.10. The quantitative estimate of drug-likeness (QED) is 0.766. The SMILES string of the molecule is CCOC(=O)[C@H]1CCCCN1C(=O)CN1CCC[C@H]1c1ccsc1. The van der Waals surface area contributed by atoms with Crippen molar-refractivity contribution in [1.82, 2.24) is 9.80 Å². The van der Waals surface area contributed by atoms with Crippen molar-refractivity contribution < 1.29 is 14.3 Å². The predicted molar refractivity (Wildman–Crippen MR) is 93.9 cm³/mol. The highest BCUT2D eigenvalue weighted by molar-refractivity contribution is 7.07. The van der Waals surface area contributed by atoms with E-state index in [0.29, 0.717) is 25.7 Å². The van der Waals surface area contributed by atoms with Crippen LogP contribution >= 0.6 is 11.3 Å². The van der Waals surface area contributed by atoms with Crippen LogP contribution < -0.4 is 0 Å². The molecular formula is C18H26N2O3S. The molecule has 1 aromatic heterocycles. The van der Waals surface area contributed by atoms with Gasteiger partial charge in [0.25, 0.3) is 0 Å². The molecule has 1 amide bonds. The van der Waals surface area contributed by atoms with Crippen LogP contribution in [0.4, 0.5) is 0 Å². The van der Waals surface area contributed by atoms with Crippen molar-refractivity contribution in [1.29, 1.82) is 0 Å². The molecule has 6 heteroatoms. The largest absolute Gasteiger partial charge is 0.464 e. The van der Waals surface area contributed by atoms with E-state index >= 15 is 0 Å². The number of carbonyl (C=O) groups is 2. The minimum absolute atomic E-state index is 0.0647. The average Bonchev–Trinajstić information content (AvgIpc) is 3.26. The van der Waals surface area contributed by atoms with Crippen LogP contribution in [-0.2, 0) is 14.3 Å². The second-order valence-corrected chi connectivity index (χ2v) is 7.32. The van der Waals surface area contributed by atoms with Crippen molar-refractivity contribution in [3.63, 3.8) is 0 Å². The van der Waals surface area contributed by atoms with Gasteiger partial charge in [-0.25, -0.2) is 4.79 Å². The highest BCUT2D eigenvalue weighted by atomic mass is 32.1. The molecule has 5 nitrogen and oxygen atoms in total. The lowest BCUT2D eigenvalue weighted by Gasteiger charge is -2.35. The van der Waals surface area contributed by atoms with Gasteiger partial charge in [-0.1, -0.05) is 0 Å². The summed E-state index contributed by atoms with van der Waals surface area (Å²) in [5.74, 6) is -0.184. The highest BCUT2D eigenvalue weighted by Crippen LogP contribution is 2.33. The number of amides is 1. The van der Waals surface area contributed by atoms with Crippen LogP contribution in [0.5, 0.6) is 0 Å². The summed E-state index contributed by atoms with van der Waals surface area (Å²) >= 11 is 1.70. The van der Waals surface area contributed by atoms with Gasteiger partial charge in [0.05, 0.1) is 13.2 Å². The molecule has 0 bridgehead atoms. The van der Waals surface area contributed by atoms with E-state index in [-0.39, 0.29) is 11.9 Å². The van der Waals surface area contributed by atoms with E-state index in [4.69, 9.17) is 4.74 Å². The highest BCUT2D eigenvalue weighted by Gasteiger charge is 2.35. The second kappa shape index (κ2) is 8.12. The molecule has 0 spiro atoms. The summed E-state index contributed by atoms with van der Waals surface area (Å²) in [4.78, 5) is 29.1. The topological polar surface area (TPSA) is 49.9 Å². The van der Waals surface area contributed by atoms with Gasteiger partial charge in [-0.2, -0.15) is 11.3 Å². The first kappa shape index (κ1) is 17.4. The number of hydrogen-bond donors (Lipinski definition) is 0. The summed E-state index contributed by atoms with van der Waals surface area (Å²) in [5, 5.41) is 4.27. The Balaban J connectivity index is 1.65. The Labute approximate surface area is 147 Å². The van der Waals surface area contributed by atoms with Crippen LogP contribution in [0.2, 0.25) is 0 Å². The molecule has 0 unspecified atom stereocenters. The zero-order chi connectivity index (χ0) is 16.9. The van der Waals surface area contributed by atoms with Crippen LogP contribution in [0.25, 0.3) is 0 Å². The molecule has 2 fully saturated rings. The van der Waals surface area contributed by atoms with Gasteiger partial charge in [0.1, 0.15) is 6.04 Å². The van der Waals surface area contributed by atoms with Crippen LogP contribution in [0.15, 0.2) is 16.8 Å². The molecule has 132 valence electrons. The molecular weight excluding hydrogens is 324 g/mol. The number of carbonyl (C=O) groups excluding carboxylic acids is 2. The van der Waals surface area contributed by atoms with E-state index in [0.717, 1.165) is 38.6 Å². The fourth-order valence-electron chi connectivity index (χ4n) is 3.84. The molecule has 2 saturated heterocycles. The predicted octanol–water partition coefficient (Wildman–Crippen LogP) is 2.83. The van der Waals surface area contributed by atoms with Gasteiger partial charge in [0.15, 0.2) is 0 Å². The molecule has 3 rings (SSSR count). The van der Waals surface area contributed by atoms with Crippen molar-refractivity contribution in [2.45, 2.75) is 51.1 Å². The molecule has 1 aromatic rings. The fraction of sp³-hybridized carbons (Fsp3) is 0.667. The van der Waals surface area contributed by atoms with Gasteiger partial charge >= 0.3 is 5.97 Å². The van der Waals surface area contributed by atoms with Crippen molar-refractivity contribution in [3.8, 4) is 0 Å². The Morgan fingerprint density at radius 3 is 2.88 bits per heavy atom. The Bertz CT molecular complexity index is 561. The molecule has 0 aliphatic carbocycles. The monoisotopic (exact) mass is 350 g/mol. The van der Waals surface area contributed by atoms with Gasteiger partial charge in [-0.15, -0.1) is 0 Å². The number of nitrogens with zero attached hydrogens (tertiary/aromatic N) is 2. The Hall–Kier alpha value is -1.40. The number of rotatable bonds is 5.